The lowest BCUT2D eigenvalue weighted by Crippen LogP contribution is -2.63. The molecular formula is C33H43N5O4S. The summed E-state index contributed by atoms with van der Waals surface area (Å²) >= 11 is 0. The van der Waals surface area contributed by atoms with Crippen molar-refractivity contribution in [3.63, 3.8) is 0 Å². The molecule has 230 valence electrons. The van der Waals surface area contributed by atoms with Crippen LogP contribution >= 0.6 is 0 Å². The zero-order chi connectivity index (χ0) is 29.6. The van der Waals surface area contributed by atoms with Gasteiger partial charge in [0.05, 0.1) is 23.2 Å². The summed E-state index contributed by atoms with van der Waals surface area (Å²) < 4.78 is 25.8. The van der Waals surface area contributed by atoms with E-state index in [-0.39, 0.29) is 17.5 Å². The Hall–Kier alpha value is -2.82. The van der Waals surface area contributed by atoms with E-state index in [1.165, 1.54) is 11.9 Å². The number of aliphatic hydroxyl groups is 1. The molecule has 43 heavy (non-hydrogen) atoms. The number of nitrogens with one attached hydrogen (secondary N) is 1. The zero-order valence-electron chi connectivity index (χ0n) is 25.0. The Morgan fingerprint density at radius 2 is 1.53 bits per heavy atom. The number of rotatable bonds is 4. The monoisotopic (exact) mass is 605 g/mol. The van der Waals surface area contributed by atoms with E-state index in [1.54, 1.807) is 4.31 Å². The number of carbonyl (C=O) groups is 1. The van der Waals surface area contributed by atoms with Crippen molar-refractivity contribution in [1.82, 2.24) is 9.62 Å². The van der Waals surface area contributed by atoms with Crippen LogP contribution in [-0.2, 0) is 10.0 Å². The van der Waals surface area contributed by atoms with Crippen LogP contribution in [0.5, 0.6) is 0 Å². The topological polar surface area (TPSA) is 96.4 Å². The number of hydrogen-bond acceptors (Lipinski definition) is 6. The Kier molecular flexibility index (Phi) is 6.34. The molecule has 2 N–H and O–H groups in total. The second-order valence-corrected chi connectivity index (χ2v) is 16.5. The van der Waals surface area contributed by atoms with Crippen LogP contribution in [0.3, 0.4) is 0 Å². The van der Waals surface area contributed by atoms with E-state index in [0.29, 0.717) is 43.9 Å². The number of carbonyl (C=O) groups excluding carboxylic acids is 1. The highest BCUT2D eigenvalue weighted by molar-refractivity contribution is 7.88. The van der Waals surface area contributed by atoms with Crippen molar-refractivity contribution in [2.75, 3.05) is 60.2 Å². The number of anilines is 4. The lowest BCUT2D eigenvalue weighted by Gasteiger charge is -2.58. The molecule has 3 unspecified atom stereocenters. The molecule has 2 amide bonds. The third-order valence-electron chi connectivity index (χ3n) is 11.6. The van der Waals surface area contributed by atoms with Crippen molar-refractivity contribution in [3.8, 4) is 0 Å². The smallest absolute Gasteiger partial charge is 0.322 e. The first-order valence-electron chi connectivity index (χ1n) is 16.1. The second kappa shape index (κ2) is 9.84. The van der Waals surface area contributed by atoms with Crippen molar-refractivity contribution in [2.24, 2.45) is 23.2 Å². The van der Waals surface area contributed by atoms with E-state index in [0.717, 1.165) is 75.1 Å². The normalized spacial score (nSPS) is 35.2. The van der Waals surface area contributed by atoms with E-state index in [1.807, 2.05) is 23.1 Å². The molecule has 3 aliphatic heterocycles. The zero-order valence-corrected chi connectivity index (χ0v) is 25.8. The largest absolute Gasteiger partial charge is 0.390 e. The fraction of sp³-hybridized carbons (Fsp3) is 0.606. The molecule has 4 aliphatic carbocycles. The molecule has 6 fully saturated rings. The Morgan fingerprint density at radius 3 is 2.21 bits per heavy atom. The molecule has 0 aromatic heterocycles. The van der Waals surface area contributed by atoms with Gasteiger partial charge in [-0.05, 0) is 99.1 Å². The minimum Gasteiger partial charge on any atom is -0.390 e. The van der Waals surface area contributed by atoms with Crippen molar-refractivity contribution >= 4 is 38.8 Å². The molecule has 9 nitrogen and oxygen atoms in total. The van der Waals surface area contributed by atoms with Crippen LogP contribution < -0.4 is 20.0 Å². The van der Waals surface area contributed by atoms with E-state index >= 15 is 0 Å². The van der Waals surface area contributed by atoms with Gasteiger partial charge in [-0.3, -0.25) is 4.90 Å². The lowest BCUT2D eigenvalue weighted by atomic mass is 9.52. The quantitative estimate of drug-likeness (QED) is 0.544. The van der Waals surface area contributed by atoms with Gasteiger partial charge in [-0.15, -0.1) is 0 Å². The first kappa shape index (κ1) is 27.7. The Labute approximate surface area is 254 Å². The van der Waals surface area contributed by atoms with Gasteiger partial charge in [0.1, 0.15) is 0 Å². The molecule has 2 saturated heterocycles. The predicted molar refractivity (Wildman–Crippen MR) is 168 cm³/mol. The summed E-state index contributed by atoms with van der Waals surface area (Å²) in [6.07, 6.45) is 8.10. The Balaban J connectivity index is 0.958. The lowest BCUT2D eigenvalue weighted by molar-refractivity contribution is -0.136. The van der Waals surface area contributed by atoms with Gasteiger partial charge in [-0.25, -0.2) is 17.5 Å². The van der Waals surface area contributed by atoms with E-state index < -0.39 is 15.6 Å². The maximum atomic E-state index is 13.7. The number of amides is 2. The number of sulfonamides is 1. The fourth-order valence-corrected chi connectivity index (χ4v) is 10.7. The molecule has 3 heterocycles. The van der Waals surface area contributed by atoms with E-state index in [2.05, 4.69) is 45.4 Å². The molecule has 9 rings (SSSR count). The van der Waals surface area contributed by atoms with Crippen molar-refractivity contribution < 1.29 is 18.3 Å². The third kappa shape index (κ3) is 4.80. The molecule has 2 aromatic carbocycles. The first-order valence-corrected chi connectivity index (χ1v) is 17.9. The van der Waals surface area contributed by atoms with Crippen molar-refractivity contribution in [3.05, 3.63) is 48.5 Å². The molecule has 4 saturated carbocycles. The van der Waals surface area contributed by atoms with E-state index in [9.17, 15) is 18.3 Å². The number of urea groups is 1. The fourth-order valence-electron chi connectivity index (χ4n) is 9.79. The summed E-state index contributed by atoms with van der Waals surface area (Å²) in [7, 11) is -3.14. The molecular weight excluding hydrogens is 562 g/mol. The van der Waals surface area contributed by atoms with Gasteiger partial charge < -0.3 is 20.2 Å². The number of nitrogens with zero attached hydrogens (tertiary/aromatic N) is 4. The molecule has 10 heteroatoms. The average molecular weight is 606 g/mol. The molecule has 7 aliphatic rings. The summed E-state index contributed by atoms with van der Waals surface area (Å²) in [6, 6.07) is 17.0. The van der Waals surface area contributed by atoms with Gasteiger partial charge in [-0.1, -0.05) is 12.1 Å². The van der Waals surface area contributed by atoms with Crippen LogP contribution in [0.25, 0.3) is 0 Å². The standard InChI is InChI=1S/C33H43N5O4S/c1-43(41,42)36-13-11-32(22-36)10-12-35(21-32)26-6-8-27(9-7-26)37-14-15-38(29-5-3-2-4-28(29)37)31(39)34-30-24-16-23-17-25(30)20-33(40,18-23)19-24/h2-9,23-25,30,40H,10-22H2,1H3,(H,34,39). The summed E-state index contributed by atoms with van der Waals surface area (Å²) in [6.45, 7) is 4.39. The SMILES string of the molecule is CS(=O)(=O)N1CCC2(CCN(c3ccc(N4CCN(C(=O)NC5C6CC7CC5CC(O)(C7)C6)c5ccccc54)cc3)C2)C1. The molecule has 4 bridgehead atoms. The maximum Gasteiger partial charge on any atom is 0.322 e. The highest BCUT2D eigenvalue weighted by atomic mass is 32.2. The molecule has 0 radical (unpaired) electrons. The summed E-state index contributed by atoms with van der Waals surface area (Å²) in [5.74, 6) is 1.38. The third-order valence-corrected chi connectivity index (χ3v) is 12.9. The number of para-hydroxylation sites is 2. The summed E-state index contributed by atoms with van der Waals surface area (Å²) in [4.78, 5) is 20.3. The van der Waals surface area contributed by atoms with Crippen LogP contribution in [0.4, 0.5) is 27.5 Å². The predicted octanol–water partition coefficient (Wildman–Crippen LogP) is 4.16. The van der Waals surface area contributed by atoms with Crippen LogP contribution in [0.15, 0.2) is 48.5 Å². The highest BCUT2D eigenvalue weighted by Gasteiger charge is 2.55. The van der Waals surface area contributed by atoms with Crippen LogP contribution in [0, 0.1) is 23.2 Å². The maximum absolute atomic E-state index is 13.7. The number of benzene rings is 2. The van der Waals surface area contributed by atoms with Crippen molar-refractivity contribution in [1.29, 1.82) is 0 Å². The van der Waals surface area contributed by atoms with Crippen LogP contribution in [-0.4, -0.2) is 81.0 Å². The van der Waals surface area contributed by atoms with E-state index in [4.69, 9.17) is 0 Å². The summed E-state index contributed by atoms with van der Waals surface area (Å²) in [5, 5.41) is 14.4. The first-order chi connectivity index (χ1) is 20.6. The van der Waals surface area contributed by atoms with Gasteiger partial charge in [0.15, 0.2) is 0 Å². The van der Waals surface area contributed by atoms with Gasteiger partial charge in [-0.2, -0.15) is 0 Å². The summed E-state index contributed by atoms with van der Waals surface area (Å²) in [5.41, 5.74) is 3.78. The molecule has 1 spiro atoms. The van der Waals surface area contributed by atoms with Crippen molar-refractivity contribution in [2.45, 2.75) is 56.6 Å². The van der Waals surface area contributed by atoms with Gasteiger partial charge in [0, 0.05) is 62.1 Å². The van der Waals surface area contributed by atoms with Gasteiger partial charge in [0.2, 0.25) is 10.0 Å². The van der Waals surface area contributed by atoms with Crippen LogP contribution in [0.1, 0.15) is 44.9 Å². The minimum atomic E-state index is -3.14. The average Bonchev–Trinajstić information content (AvgIpc) is 3.60. The number of fused-ring (bicyclic) bond motifs is 1. The highest BCUT2D eigenvalue weighted by Crippen LogP contribution is 2.55. The molecule has 3 atom stereocenters. The van der Waals surface area contributed by atoms with Gasteiger partial charge in [0.25, 0.3) is 0 Å². The van der Waals surface area contributed by atoms with Gasteiger partial charge >= 0.3 is 6.03 Å². The second-order valence-electron chi connectivity index (χ2n) is 14.5. The number of hydrogen-bond donors (Lipinski definition) is 2. The minimum absolute atomic E-state index is 0.0174. The molecule has 2 aromatic rings. The Bertz CT molecular complexity index is 1520. The Morgan fingerprint density at radius 1 is 0.860 bits per heavy atom. The van der Waals surface area contributed by atoms with Crippen LogP contribution in [0.2, 0.25) is 0 Å².